The molecule has 0 saturated carbocycles. The van der Waals surface area contributed by atoms with Gasteiger partial charge in [0.15, 0.2) is 10.9 Å². The number of hydrogen-bond donors (Lipinski definition) is 1. The van der Waals surface area contributed by atoms with Gasteiger partial charge in [0.2, 0.25) is 0 Å². The minimum Gasteiger partial charge on any atom is -0.496 e. The number of likely N-dealkylation sites (tertiary alicyclic amines) is 1. The largest absolute Gasteiger partial charge is 0.496 e. The van der Waals surface area contributed by atoms with Crippen molar-refractivity contribution in [1.29, 1.82) is 0 Å². The van der Waals surface area contributed by atoms with Gasteiger partial charge < -0.3 is 28.7 Å². The average molecular weight is 812 g/mol. The number of methoxy groups -OCH3 is 1. The number of nitrogens with one attached hydrogen (secondary N) is 1. The van der Waals surface area contributed by atoms with Crippen LogP contribution in [0.4, 0.5) is 33.7 Å². The SMILES string of the molecule is COc1cc2c(N3[C@@H]4CC[C@H]3CN(C(=O)OC(C)(C)C)C4)nc(OC[C@@]34CCCN3C[C@H](F)C4)nc2c(F)c1-c1ccc(F)c2sc(NC(=O)OC(C)(C)C)nc12. The third-order valence-corrected chi connectivity index (χ3v) is 12.0. The van der Waals surface area contributed by atoms with Crippen LogP contribution in [0.15, 0.2) is 18.2 Å². The minimum atomic E-state index is -0.968. The molecule has 4 saturated heterocycles. The Labute approximate surface area is 332 Å². The number of thiazole rings is 1. The molecule has 0 aliphatic carbocycles. The van der Waals surface area contributed by atoms with E-state index in [-0.39, 0.29) is 62.4 Å². The van der Waals surface area contributed by atoms with Crippen LogP contribution in [0.2, 0.25) is 0 Å². The first-order chi connectivity index (χ1) is 26.9. The molecule has 306 valence electrons. The molecule has 13 nitrogen and oxygen atoms in total. The van der Waals surface area contributed by atoms with Crippen molar-refractivity contribution in [3.05, 3.63) is 29.8 Å². The molecule has 1 N–H and O–H groups in total. The number of hydrogen-bond acceptors (Lipinski definition) is 12. The van der Waals surface area contributed by atoms with Gasteiger partial charge in [0, 0.05) is 49.1 Å². The molecule has 57 heavy (non-hydrogen) atoms. The predicted molar refractivity (Wildman–Crippen MR) is 210 cm³/mol. The van der Waals surface area contributed by atoms with Crippen LogP contribution in [0.25, 0.3) is 32.2 Å². The number of fused-ring (bicyclic) bond motifs is 5. The Morgan fingerprint density at radius 2 is 1.70 bits per heavy atom. The number of aromatic nitrogens is 3. The number of rotatable bonds is 7. The first-order valence-electron chi connectivity index (χ1n) is 19.4. The first-order valence-corrected chi connectivity index (χ1v) is 20.2. The molecule has 4 aliphatic rings. The van der Waals surface area contributed by atoms with Crippen molar-refractivity contribution in [2.24, 2.45) is 0 Å². The van der Waals surface area contributed by atoms with Gasteiger partial charge in [-0.05, 0) is 92.0 Å². The number of piperazine rings is 1. The molecule has 4 aliphatic heterocycles. The smallest absolute Gasteiger partial charge is 0.413 e. The Bertz CT molecular complexity index is 2230. The lowest BCUT2D eigenvalue weighted by Gasteiger charge is -2.42. The highest BCUT2D eigenvalue weighted by molar-refractivity contribution is 7.22. The average Bonchev–Trinajstić information content (AvgIpc) is 3.85. The van der Waals surface area contributed by atoms with Crippen molar-refractivity contribution < 1.29 is 41.7 Å². The van der Waals surface area contributed by atoms with Crippen LogP contribution in [0.5, 0.6) is 11.8 Å². The van der Waals surface area contributed by atoms with Crippen LogP contribution >= 0.6 is 11.3 Å². The first kappa shape index (κ1) is 39.2. The maximum Gasteiger partial charge on any atom is 0.413 e. The molecule has 0 unspecified atom stereocenters. The number of ether oxygens (including phenoxy) is 4. The molecule has 2 amide bonds. The summed E-state index contributed by atoms with van der Waals surface area (Å²) in [6, 6.07) is 3.90. The highest BCUT2D eigenvalue weighted by Gasteiger charge is 2.50. The van der Waals surface area contributed by atoms with E-state index in [2.05, 4.69) is 25.1 Å². The number of nitrogens with zero attached hydrogens (tertiary/aromatic N) is 6. The standard InChI is InChI=1S/C40H48F3N7O6S/c1-38(2,3)55-36(51)47-35-45-31-24(11-12-26(42)32(31)57-35)28-27(53-7)15-25-30(29(28)43)44-34(54-20-40-13-8-14-49(40)17-21(41)16-40)46-33(25)50-22-9-10-23(50)19-48(18-22)37(52)56-39(4,5)6/h11-12,15,21-23H,8-10,13-14,16-20H2,1-7H3,(H,45,47,51)/t21-,22-,23+,40+/m1/s1. The Morgan fingerprint density at radius 3 is 2.39 bits per heavy atom. The summed E-state index contributed by atoms with van der Waals surface area (Å²) in [4.78, 5) is 45.8. The zero-order chi connectivity index (χ0) is 40.6. The molecule has 17 heteroatoms. The van der Waals surface area contributed by atoms with Gasteiger partial charge in [-0.25, -0.2) is 27.7 Å². The Hall–Kier alpha value is -4.64. The van der Waals surface area contributed by atoms with E-state index in [1.165, 1.54) is 19.2 Å². The predicted octanol–water partition coefficient (Wildman–Crippen LogP) is 8.08. The molecule has 2 aromatic carbocycles. The molecule has 6 heterocycles. The lowest BCUT2D eigenvalue weighted by atomic mass is 9.95. The molecule has 4 aromatic rings. The number of carbonyl (C=O) groups is 2. The highest BCUT2D eigenvalue weighted by Crippen LogP contribution is 2.47. The number of halogens is 3. The van der Waals surface area contributed by atoms with Crippen LogP contribution in [-0.2, 0) is 9.47 Å². The number of alkyl halides is 1. The van der Waals surface area contributed by atoms with Crippen molar-refractivity contribution in [2.45, 2.75) is 109 Å². The van der Waals surface area contributed by atoms with Crippen molar-refractivity contribution in [3.8, 4) is 22.9 Å². The van der Waals surface area contributed by atoms with Crippen LogP contribution in [0.3, 0.4) is 0 Å². The normalized spacial score (nSPS) is 23.6. The third kappa shape index (κ3) is 7.48. The van der Waals surface area contributed by atoms with E-state index in [0.29, 0.717) is 37.3 Å². The van der Waals surface area contributed by atoms with E-state index in [9.17, 15) is 14.0 Å². The monoisotopic (exact) mass is 811 g/mol. The minimum absolute atomic E-state index is 0.0194. The van der Waals surface area contributed by atoms with E-state index in [1.54, 1.807) is 31.7 Å². The number of anilines is 2. The highest BCUT2D eigenvalue weighted by atomic mass is 32.1. The summed E-state index contributed by atoms with van der Waals surface area (Å²) in [6.45, 7) is 12.6. The molecular formula is C40H48F3N7O6S. The summed E-state index contributed by atoms with van der Waals surface area (Å²) in [5.41, 5.74) is -1.71. The van der Waals surface area contributed by atoms with Gasteiger partial charge in [-0.15, -0.1) is 0 Å². The van der Waals surface area contributed by atoms with Gasteiger partial charge in [-0.3, -0.25) is 10.2 Å². The maximum atomic E-state index is 17.5. The number of amides is 2. The molecule has 4 atom stereocenters. The zero-order valence-corrected chi connectivity index (χ0v) is 34.0. The van der Waals surface area contributed by atoms with Crippen molar-refractivity contribution in [2.75, 3.05) is 50.1 Å². The number of benzene rings is 2. The lowest BCUT2D eigenvalue weighted by Crippen LogP contribution is -2.56. The Morgan fingerprint density at radius 1 is 0.982 bits per heavy atom. The van der Waals surface area contributed by atoms with Gasteiger partial charge >= 0.3 is 18.2 Å². The van der Waals surface area contributed by atoms with Crippen molar-refractivity contribution >= 4 is 55.6 Å². The number of carbonyl (C=O) groups excluding carboxylic acids is 2. The van der Waals surface area contributed by atoms with Gasteiger partial charge in [-0.1, -0.05) is 11.3 Å². The zero-order valence-electron chi connectivity index (χ0n) is 33.2. The second-order valence-corrected chi connectivity index (χ2v) is 18.5. The van der Waals surface area contributed by atoms with Gasteiger partial charge in [0.25, 0.3) is 0 Å². The van der Waals surface area contributed by atoms with E-state index in [4.69, 9.17) is 23.9 Å². The van der Waals surface area contributed by atoms with Gasteiger partial charge in [-0.2, -0.15) is 9.97 Å². The maximum absolute atomic E-state index is 17.5. The van der Waals surface area contributed by atoms with Gasteiger partial charge in [0.1, 0.15) is 46.9 Å². The van der Waals surface area contributed by atoms with Crippen LogP contribution in [0.1, 0.15) is 73.6 Å². The summed E-state index contributed by atoms with van der Waals surface area (Å²) in [6.07, 6.45) is 1.40. The molecule has 0 radical (unpaired) electrons. The Kier molecular flexibility index (Phi) is 9.85. The summed E-state index contributed by atoms with van der Waals surface area (Å²) in [7, 11) is 1.41. The molecule has 2 aromatic heterocycles. The second-order valence-electron chi connectivity index (χ2n) is 17.5. The second kappa shape index (κ2) is 14.3. The van der Waals surface area contributed by atoms with Gasteiger partial charge in [0.05, 0.1) is 28.4 Å². The van der Waals surface area contributed by atoms with E-state index >= 15 is 8.78 Å². The van der Waals surface area contributed by atoms with Crippen LogP contribution in [0, 0.1) is 11.6 Å². The molecule has 2 bridgehead atoms. The van der Waals surface area contributed by atoms with Crippen LogP contribution in [-0.4, -0.2) is 112 Å². The fourth-order valence-electron chi connectivity index (χ4n) is 8.83. The topological polar surface area (TPSA) is 131 Å². The molecule has 0 spiro atoms. The quantitative estimate of drug-likeness (QED) is 0.194. The summed E-state index contributed by atoms with van der Waals surface area (Å²) in [5.74, 6) is -0.827. The van der Waals surface area contributed by atoms with E-state index < -0.39 is 46.7 Å². The molecule has 8 rings (SSSR count). The fourth-order valence-corrected chi connectivity index (χ4v) is 9.72. The van der Waals surface area contributed by atoms with E-state index in [0.717, 1.165) is 43.6 Å². The molecule has 4 fully saturated rings. The third-order valence-electron chi connectivity index (χ3n) is 11.1. The fraction of sp³-hybridized carbons (Fsp3) is 0.575. The lowest BCUT2D eigenvalue weighted by molar-refractivity contribution is 0.0209. The molecular weight excluding hydrogens is 764 g/mol. The summed E-state index contributed by atoms with van der Waals surface area (Å²) >= 11 is 0.891. The van der Waals surface area contributed by atoms with E-state index in [1.807, 2.05) is 20.8 Å². The van der Waals surface area contributed by atoms with Crippen molar-refractivity contribution in [3.63, 3.8) is 0 Å². The Balaban J connectivity index is 1.23. The summed E-state index contributed by atoms with van der Waals surface area (Å²) < 4.78 is 70.9. The van der Waals surface area contributed by atoms with Crippen LogP contribution < -0.4 is 19.7 Å². The van der Waals surface area contributed by atoms with Crippen molar-refractivity contribution in [1.82, 2.24) is 24.8 Å². The summed E-state index contributed by atoms with van der Waals surface area (Å²) in [5, 5.41) is 2.98.